The Labute approximate surface area is 181 Å². The number of halogens is 2. The predicted molar refractivity (Wildman–Crippen MR) is 110 cm³/mol. The van der Waals surface area contributed by atoms with E-state index in [2.05, 4.69) is 30.6 Å². The third-order valence-corrected chi connectivity index (χ3v) is 5.25. The molecule has 3 aromatic rings. The number of carbonyl (C=O) groups is 2. The van der Waals surface area contributed by atoms with Gasteiger partial charge in [0.05, 0.1) is 11.4 Å². The molecule has 2 aliphatic carbocycles. The van der Waals surface area contributed by atoms with Gasteiger partial charge in [0.2, 0.25) is 0 Å². The van der Waals surface area contributed by atoms with E-state index in [0.29, 0.717) is 17.7 Å². The molecule has 2 heterocycles. The van der Waals surface area contributed by atoms with Gasteiger partial charge in [-0.15, -0.1) is 0 Å². The SMILES string of the molecule is O=C(Nc1cc(NC(=O)c2ccnc(C3CC3)n2)c(F)cc1F)c1ccnc(C2CC2)n1. The molecule has 5 rings (SSSR count). The zero-order valence-electron chi connectivity index (χ0n) is 16.8. The second kappa shape index (κ2) is 8.03. The molecule has 0 aliphatic heterocycles. The average molecular weight is 436 g/mol. The summed E-state index contributed by atoms with van der Waals surface area (Å²) in [5, 5.41) is 4.76. The highest BCUT2D eigenvalue weighted by Crippen LogP contribution is 2.38. The highest BCUT2D eigenvalue weighted by molar-refractivity contribution is 6.05. The monoisotopic (exact) mass is 436 g/mol. The van der Waals surface area contributed by atoms with E-state index in [9.17, 15) is 18.4 Å². The van der Waals surface area contributed by atoms with Crippen molar-refractivity contribution in [2.75, 3.05) is 10.6 Å². The summed E-state index contributed by atoms with van der Waals surface area (Å²) in [5.74, 6) is -1.67. The minimum absolute atomic E-state index is 0.0739. The van der Waals surface area contributed by atoms with Crippen LogP contribution in [0.15, 0.2) is 36.7 Å². The van der Waals surface area contributed by atoms with Gasteiger partial charge in [0.1, 0.15) is 34.7 Å². The lowest BCUT2D eigenvalue weighted by Crippen LogP contribution is -2.18. The van der Waals surface area contributed by atoms with Crippen LogP contribution >= 0.6 is 0 Å². The first kappa shape index (κ1) is 20.1. The lowest BCUT2D eigenvalue weighted by molar-refractivity contribution is 0.101. The molecule has 162 valence electrons. The highest BCUT2D eigenvalue weighted by Gasteiger charge is 2.28. The van der Waals surface area contributed by atoms with Crippen molar-refractivity contribution < 1.29 is 18.4 Å². The van der Waals surface area contributed by atoms with Crippen LogP contribution in [0.1, 0.15) is 70.1 Å². The molecule has 0 radical (unpaired) electrons. The van der Waals surface area contributed by atoms with Gasteiger partial charge in [0, 0.05) is 30.3 Å². The van der Waals surface area contributed by atoms with E-state index in [1.165, 1.54) is 24.5 Å². The van der Waals surface area contributed by atoms with Gasteiger partial charge in [-0.05, 0) is 43.9 Å². The number of nitrogens with one attached hydrogen (secondary N) is 2. The summed E-state index contributed by atoms with van der Waals surface area (Å²) >= 11 is 0. The van der Waals surface area contributed by atoms with Gasteiger partial charge in [-0.25, -0.2) is 28.7 Å². The van der Waals surface area contributed by atoms with Crippen LogP contribution in [0, 0.1) is 11.6 Å². The molecule has 0 spiro atoms. The molecule has 8 nitrogen and oxygen atoms in total. The van der Waals surface area contributed by atoms with Gasteiger partial charge in [-0.2, -0.15) is 0 Å². The van der Waals surface area contributed by atoms with Crippen LogP contribution in [0.25, 0.3) is 0 Å². The van der Waals surface area contributed by atoms with E-state index in [1.807, 2.05) is 0 Å². The number of rotatable bonds is 6. The molecule has 2 saturated carbocycles. The lowest BCUT2D eigenvalue weighted by atomic mass is 10.2. The molecule has 2 N–H and O–H groups in total. The van der Waals surface area contributed by atoms with Crippen molar-refractivity contribution in [3.8, 4) is 0 Å². The molecule has 10 heteroatoms. The Morgan fingerprint density at radius 3 is 1.59 bits per heavy atom. The Bertz CT molecular complexity index is 1140. The smallest absolute Gasteiger partial charge is 0.274 e. The van der Waals surface area contributed by atoms with Gasteiger partial charge in [-0.1, -0.05) is 0 Å². The van der Waals surface area contributed by atoms with Crippen LogP contribution in [0.5, 0.6) is 0 Å². The van der Waals surface area contributed by atoms with Crippen LogP contribution < -0.4 is 10.6 Å². The number of hydrogen-bond donors (Lipinski definition) is 2. The first-order chi connectivity index (χ1) is 15.5. The minimum atomic E-state index is -0.983. The van der Waals surface area contributed by atoms with Crippen molar-refractivity contribution in [1.82, 2.24) is 19.9 Å². The first-order valence-electron chi connectivity index (χ1n) is 10.3. The molecule has 0 bridgehead atoms. The topological polar surface area (TPSA) is 110 Å². The average Bonchev–Trinajstić information content (AvgIpc) is 3.70. The molecule has 2 aromatic heterocycles. The summed E-state index contributed by atoms with van der Waals surface area (Å²) in [7, 11) is 0. The zero-order valence-corrected chi connectivity index (χ0v) is 16.8. The fourth-order valence-electron chi connectivity index (χ4n) is 3.19. The number of benzene rings is 1. The lowest BCUT2D eigenvalue weighted by Gasteiger charge is -2.11. The van der Waals surface area contributed by atoms with Gasteiger partial charge >= 0.3 is 0 Å². The second-order valence-corrected chi connectivity index (χ2v) is 7.87. The Balaban J connectivity index is 1.34. The standard InChI is InChI=1S/C22H18F2N6O2/c23-13-9-14(24)18(30-22(32)16-6-8-26-20(28-16)12-3-4-12)10-17(13)29-21(31)15-5-7-25-19(27-15)11-1-2-11/h5-12H,1-4H2,(H,29,31)(H,30,32). The fourth-order valence-corrected chi connectivity index (χ4v) is 3.19. The Kier molecular flexibility index (Phi) is 5.04. The second-order valence-electron chi connectivity index (χ2n) is 7.87. The third kappa shape index (κ3) is 4.29. The molecule has 0 atom stereocenters. The van der Waals surface area contributed by atoms with E-state index in [4.69, 9.17) is 0 Å². The van der Waals surface area contributed by atoms with Crippen LogP contribution in [0.2, 0.25) is 0 Å². The highest BCUT2D eigenvalue weighted by atomic mass is 19.1. The maximum absolute atomic E-state index is 14.3. The maximum Gasteiger partial charge on any atom is 0.274 e. The molecular formula is C22H18F2N6O2. The van der Waals surface area contributed by atoms with Crippen LogP contribution in [-0.4, -0.2) is 31.8 Å². The number of nitrogens with zero attached hydrogens (tertiary/aromatic N) is 4. The van der Waals surface area contributed by atoms with Gasteiger partial charge in [0.15, 0.2) is 0 Å². The maximum atomic E-state index is 14.3. The first-order valence-corrected chi connectivity index (χ1v) is 10.3. The van der Waals surface area contributed by atoms with E-state index in [-0.39, 0.29) is 34.6 Å². The van der Waals surface area contributed by atoms with Crippen molar-refractivity contribution in [3.05, 3.63) is 71.3 Å². The molecular weight excluding hydrogens is 418 g/mol. The van der Waals surface area contributed by atoms with E-state index >= 15 is 0 Å². The summed E-state index contributed by atoms with van der Waals surface area (Å²) in [5.41, 5.74) is -0.436. The Morgan fingerprint density at radius 1 is 0.750 bits per heavy atom. The summed E-state index contributed by atoms with van der Waals surface area (Å²) in [6.45, 7) is 0. The van der Waals surface area contributed by atoms with Crippen molar-refractivity contribution >= 4 is 23.2 Å². The summed E-state index contributed by atoms with van der Waals surface area (Å²) in [4.78, 5) is 41.8. The van der Waals surface area contributed by atoms with E-state index < -0.39 is 23.4 Å². The van der Waals surface area contributed by atoms with Gasteiger partial charge in [-0.3, -0.25) is 9.59 Å². The largest absolute Gasteiger partial charge is 0.318 e. The number of amides is 2. The summed E-state index contributed by atoms with van der Waals surface area (Å²) < 4.78 is 28.6. The van der Waals surface area contributed by atoms with Crippen molar-refractivity contribution in [2.45, 2.75) is 37.5 Å². The molecule has 1 aromatic carbocycles. The number of hydrogen-bond acceptors (Lipinski definition) is 6. The Hall–Kier alpha value is -3.82. The van der Waals surface area contributed by atoms with Gasteiger partial charge < -0.3 is 10.6 Å². The van der Waals surface area contributed by atoms with E-state index in [1.54, 1.807) is 0 Å². The van der Waals surface area contributed by atoms with E-state index in [0.717, 1.165) is 31.7 Å². The quantitative estimate of drug-likeness (QED) is 0.608. The molecule has 0 saturated heterocycles. The number of anilines is 2. The molecule has 2 fully saturated rings. The molecule has 0 unspecified atom stereocenters. The summed E-state index contributed by atoms with van der Waals surface area (Å²) in [6, 6.07) is 4.44. The molecule has 2 aliphatic rings. The normalized spacial score (nSPS) is 15.3. The van der Waals surface area contributed by atoms with Crippen LogP contribution in [-0.2, 0) is 0 Å². The van der Waals surface area contributed by atoms with Crippen LogP contribution in [0.4, 0.5) is 20.2 Å². The summed E-state index contributed by atoms with van der Waals surface area (Å²) in [6.07, 6.45) is 6.81. The van der Waals surface area contributed by atoms with Crippen molar-refractivity contribution in [3.63, 3.8) is 0 Å². The number of aromatic nitrogens is 4. The van der Waals surface area contributed by atoms with Gasteiger partial charge in [0.25, 0.3) is 11.8 Å². The predicted octanol–water partition coefficient (Wildman–Crippen LogP) is 3.80. The third-order valence-electron chi connectivity index (χ3n) is 5.25. The van der Waals surface area contributed by atoms with Crippen molar-refractivity contribution in [2.24, 2.45) is 0 Å². The minimum Gasteiger partial charge on any atom is -0.318 e. The molecule has 2 amide bonds. The van der Waals surface area contributed by atoms with Crippen molar-refractivity contribution in [1.29, 1.82) is 0 Å². The van der Waals surface area contributed by atoms with Crippen LogP contribution in [0.3, 0.4) is 0 Å². The Morgan fingerprint density at radius 2 is 1.19 bits per heavy atom. The zero-order chi connectivity index (χ0) is 22.2. The molecule has 32 heavy (non-hydrogen) atoms. The number of carbonyl (C=O) groups excluding carboxylic acids is 2. The fraction of sp³-hybridized carbons (Fsp3) is 0.273.